The van der Waals surface area contributed by atoms with Crippen LogP contribution in [0.25, 0.3) is 0 Å². The normalized spacial score (nSPS) is 12.6. The van der Waals surface area contributed by atoms with E-state index in [1.807, 2.05) is 6.08 Å². The second kappa shape index (κ2) is 58.2. The van der Waals surface area contributed by atoms with Gasteiger partial charge in [0.25, 0.3) is 0 Å². The maximum atomic E-state index is 12.5. The fraction of sp³-hybridized carbons (Fsp3) is 0.935. The molecule has 6 heteroatoms. The molecule has 1 amide bonds. The quantitative estimate of drug-likeness (QED) is 0.0321. The predicted molar refractivity (Wildman–Crippen MR) is 297 cm³/mol. The molecule has 0 aromatic rings. The van der Waals surface area contributed by atoms with Crippen molar-refractivity contribution in [3.05, 3.63) is 12.2 Å². The molecule has 2 atom stereocenters. The van der Waals surface area contributed by atoms with Crippen molar-refractivity contribution in [3.8, 4) is 0 Å². The Balaban J connectivity index is 3.46. The number of aliphatic hydroxyl groups is 2. The zero-order valence-electron chi connectivity index (χ0n) is 46.1. The van der Waals surface area contributed by atoms with Crippen LogP contribution in [-0.4, -0.2) is 47.4 Å². The third kappa shape index (κ3) is 53.9. The molecule has 6 nitrogen and oxygen atoms in total. The lowest BCUT2D eigenvalue weighted by atomic mass is 10.0. The predicted octanol–water partition coefficient (Wildman–Crippen LogP) is 19.2. The molecule has 68 heavy (non-hydrogen) atoms. The first-order valence-corrected chi connectivity index (χ1v) is 31.0. The van der Waals surface area contributed by atoms with Gasteiger partial charge in [0.15, 0.2) is 0 Å². The van der Waals surface area contributed by atoms with Gasteiger partial charge in [-0.1, -0.05) is 315 Å². The highest BCUT2D eigenvalue weighted by molar-refractivity contribution is 5.76. The molecule has 3 N–H and O–H groups in total. The van der Waals surface area contributed by atoms with Gasteiger partial charge in [0.2, 0.25) is 5.91 Å². The van der Waals surface area contributed by atoms with E-state index in [0.717, 1.165) is 44.9 Å². The number of carbonyl (C=O) groups excluding carboxylic acids is 2. The smallest absolute Gasteiger partial charge is 0.305 e. The summed E-state index contributed by atoms with van der Waals surface area (Å²) in [6.45, 7) is 4.91. The molecule has 0 saturated heterocycles. The maximum Gasteiger partial charge on any atom is 0.305 e. The van der Waals surface area contributed by atoms with E-state index < -0.39 is 12.1 Å². The minimum Gasteiger partial charge on any atom is -0.466 e. The Hall–Kier alpha value is -1.40. The molecule has 0 aliphatic carbocycles. The molecule has 0 spiro atoms. The molecular weight excluding hydrogens is 839 g/mol. The van der Waals surface area contributed by atoms with E-state index >= 15 is 0 Å². The van der Waals surface area contributed by atoms with Crippen molar-refractivity contribution in [1.82, 2.24) is 5.32 Å². The number of hydrogen-bond acceptors (Lipinski definition) is 5. The van der Waals surface area contributed by atoms with Crippen LogP contribution in [0.4, 0.5) is 0 Å². The number of unbranched alkanes of at least 4 members (excludes halogenated alkanes) is 47. The van der Waals surface area contributed by atoms with Gasteiger partial charge in [-0.25, -0.2) is 0 Å². The summed E-state index contributed by atoms with van der Waals surface area (Å²) >= 11 is 0. The van der Waals surface area contributed by atoms with Crippen LogP contribution in [0, 0.1) is 0 Å². The standard InChI is InChI=1S/C62H121NO5/c1-3-5-7-9-11-13-15-16-17-18-19-20-21-22-23-24-25-26-28-31-35-38-42-46-50-54-60(65)59(58-64)63-61(66)55-51-47-43-39-36-32-29-27-30-33-37-41-45-49-53-57-68-62(67)56-52-48-44-40-34-14-12-10-8-6-4-2/h50,54,59-60,64-65H,3-49,51-53,55-58H2,1-2H3,(H,63,66)/b54-50+. The number of amides is 1. The van der Waals surface area contributed by atoms with Crippen molar-refractivity contribution in [3.63, 3.8) is 0 Å². The van der Waals surface area contributed by atoms with Crippen molar-refractivity contribution in [1.29, 1.82) is 0 Å². The Morgan fingerprint density at radius 1 is 0.397 bits per heavy atom. The summed E-state index contributed by atoms with van der Waals surface area (Å²) in [6.07, 6.45) is 69.6. The maximum absolute atomic E-state index is 12.5. The molecule has 0 heterocycles. The largest absolute Gasteiger partial charge is 0.466 e. The van der Waals surface area contributed by atoms with Gasteiger partial charge in [-0.15, -0.1) is 0 Å². The number of esters is 1. The lowest BCUT2D eigenvalue weighted by Crippen LogP contribution is -2.45. The fourth-order valence-electron chi connectivity index (χ4n) is 9.81. The first-order chi connectivity index (χ1) is 33.5. The number of rotatable bonds is 58. The number of carbonyl (C=O) groups is 2. The molecule has 0 rings (SSSR count). The molecule has 0 aromatic carbocycles. The number of allylic oxidation sites excluding steroid dienone is 1. The Morgan fingerprint density at radius 2 is 0.676 bits per heavy atom. The summed E-state index contributed by atoms with van der Waals surface area (Å²) in [5.41, 5.74) is 0. The zero-order chi connectivity index (χ0) is 49.3. The van der Waals surface area contributed by atoms with Gasteiger partial charge < -0.3 is 20.3 Å². The van der Waals surface area contributed by atoms with E-state index in [1.54, 1.807) is 6.08 Å². The van der Waals surface area contributed by atoms with Crippen LogP contribution < -0.4 is 5.32 Å². The minimum atomic E-state index is -0.850. The van der Waals surface area contributed by atoms with Crippen LogP contribution in [0.2, 0.25) is 0 Å². The first kappa shape index (κ1) is 66.6. The average Bonchev–Trinajstić information content (AvgIpc) is 3.34. The summed E-state index contributed by atoms with van der Waals surface area (Å²) in [4.78, 5) is 24.5. The van der Waals surface area contributed by atoms with Crippen LogP contribution >= 0.6 is 0 Å². The lowest BCUT2D eigenvalue weighted by molar-refractivity contribution is -0.143. The van der Waals surface area contributed by atoms with Gasteiger partial charge in [-0.3, -0.25) is 9.59 Å². The Bertz CT molecular complexity index is 1020. The molecule has 0 fully saturated rings. The Kier molecular flexibility index (Phi) is 57.0. The summed E-state index contributed by atoms with van der Waals surface area (Å²) in [5, 5.41) is 23.2. The van der Waals surface area contributed by atoms with E-state index in [1.165, 1.54) is 276 Å². The topological polar surface area (TPSA) is 95.9 Å². The van der Waals surface area contributed by atoms with Gasteiger partial charge >= 0.3 is 5.97 Å². The van der Waals surface area contributed by atoms with Crippen molar-refractivity contribution in [2.24, 2.45) is 0 Å². The number of ether oxygens (including phenoxy) is 1. The molecule has 0 bridgehead atoms. The third-order valence-electron chi connectivity index (χ3n) is 14.6. The molecule has 404 valence electrons. The van der Waals surface area contributed by atoms with Gasteiger partial charge in [0.1, 0.15) is 0 Å². The minimum absolute atomic E-state index is 0.000253. The van der Waals surface area contributed by atoms with E-state index in [-0.39, 0.29) is 18.5 Å². The summed E-state index contributed by atoms with van der Waals surface area (Å²) in [6, 6.07) is -0.634. The highest BCUT2D eigenvalue weighted by atomic mass is 16.5. The van der Waals surface area contributed by atoms with Gasteiger partial charge in [0.05, 0.1) is 25.4 Å². The van der Waals surface area contributed by atoms with Gasteiger partial charge in [-0.2, -0.15) is 0 Å². The van der Waals surface area contributed by atoms with Gasteiger partial charge in [-0.05, 0) is 32.1 Å². The number of hydrogen-bond donors (Lipinski definition) is 3. The Morgan fingerprint density at radius 3 is 1.00 bits per heavy atom. The lowest BCUT2D eigenvalue weighted by Gasteiger charge is -2.20. The van der Waals surface area contributed by atoms with Crippen LogP contribution in [0.3, 0.4) is 0 Å². The highest BCUT2D eigenvalue weighted by Gasteiger charge is 2.18. The van der Waals surface area contributed by atoms with Crippen LogP contribution in [0.15, 0.2) is 12.2 Å². The molecule has 0 aromatic heterocycles. The molecule has 0 aliphatic heterocycles. The van der Waals surface area contributed by atoms with E-state index in [2.05, 4.69) is 19.2 Å². The molecule has 0 radical (unpaired) electrons. The van der Waals surface area contributed by atoms with Crippen molar-refractivity contribution >= 4 is 11.9 Å². The Labute approximate surface area is 425 Å². The van der Waals surface area contributed by atoms with Crippen molar-refractivity contribution < 1.29 is 24.5 Å². The second-order valence-corrected chi connectivity index (χ2v) is 21.4. The zero-order valence-corrected chi connectivity index (χ0v) is 46.1. The summed E-state index contributed by atoms with van der Waals surface area (Å²) < 4.78 is 5.46. The van der Waals surface area contributed by atoms with E-state index in [4.69, 9.17) is 4.74 Å². The molecule has 0 aliphatic rings. The number of nitrogens with one attached hydrogen (secondary N) is 1. The first-order valence-electron chi connectivity index (χ1n) is 31.0. The van der Waals surface area contributed by atoms with Crippen LogP contribution in [-0.2, 0) is 14.3 Å². The van der Waals surface area contributed by atoms with Crippen molar-refractivity contribution in [2.45, 2.75) is 360 Å². The monoisotopic (exact) mass is 960 g/mol. The summed E-state index contributed by atoms with van der Waals surface area (Å²) in [5.74, 6) is -0.0719. The van der Waals surface area contributed by atoms with E-state index in [0.29, 0.717) is 19.4 Å². The average molecular weight is 961 g/mol. The third-order valence-corrected chi connectivity index (χ3v) is 14.6. The highest BCUT2D eigenvalue weighted by Crippen LogP contribution is 2.18. The second-order valence-electron chi connectivity index (χ2n) is 21.4. The van der Waals surface area contributed by atoms with Crippen LogP contribution in [0.1, 0.15) is 348 Å². The molecule has 2 unspecified atom stereocenters. The van der Waals surface area contributed by atoms with Crippen molar-refractivity contribution in [2.75, 3.05) is 13.2 Å². The fourth-order valence-corrected chi connectivity index (χ4v) is 9.81. The van der Waals surface area contributed by atoms with Gasteiger partial charge in [0, 0.05) is 12.8 Å². The summed E-state index contributed by atoms with van der Waals surface area (Å²) in [7, 11) is 0. The molecule has 0 saturated carbocycles. The van der Waals surface area contributed by atoms with E-state index in [9.17, 15) is 19.8 Å². The SMILES string of the molecule is CCCCCCCCCCCCCCCCCCCCCCCCC/C=C/C(O)C(CO)NC(=O)CCCCCCCCCCCCCCCCCOC(=O)CCCCCCCCCCCCC. The van der Waals surface area contributed by atoms with Crippen LogP contribution in [0.5, 0.6) is 0 Å². The number of aliphatic hydroxyl groups excluding tert-OH is 2. The molecular formula is C62H121NO5.